The highest BCUT2D eigenvalue weighted by Crippen LogP contribution is 2.45. The van der Waals surface area contributed by atoms with E-state index < -0.39 is 97.5 Å². The Hall–Kier alpha value is -1.94. The zero-order valence-corrected chi connectivity index (χ0v) is 66.9. The Morgan fingerprint density at radius 2 is 0.424 bits per heavy atom. The zero-order valence-electron chi connectivity index (χ0n) is 65.1. The SMILES string of the molecule is CC(C)CCCCCCCCCCCCCCCCCCCCC(=O)O[C@H](COC(=O)CCCCCCCCCCCCCC(C)C)COP(=O)(O)OCC(O)COP(=O)(O)OC[C@@H](COC(=O)CCCCCCCCCC(C)C)OC(=O)CCCCCCCCCCCCCC(C)C. The van der Waals surface area contributed by atoms with Crippen molar-refractivity contribution in [3.63, 3.8) is 0 Å². The van der Waals surface area contributed by atoms with E-state index >= 15 is 0 Å². The minimum absolute atomic E-state index is 0.105. The number of aliphatic hydroxyl groups is 1. The molecule has 0 aromatic heterocycles. The molecule has 0 saturated carbocycles. The van der Waals surface area contributed by atoms with E-state index in [2.05, 4.69) is 55.4 Å². The summed E-state index contributed by atoms with van der Waals surface area (Å²) in [7, 11) is -9.92. The third-order valence-corrected chi connectivity index (χ3v) is 20.5. The van der Waals surface area contributed by atoms with E-state index in [-0.39, 0.29) is 25.7 Å². The van der Waals surface area contributed by atoms with Crippen LogP contribution in [0.4, 0.5) is 0 Å². The monoisotopic (exact) mass is 1450 g/mol. The largest absolute Gasteiger partial charge is 0.472 e. The molecule has 0 amide bonds. The molecule has 3 N–H and O–H groups in total. The van der Waals surface area contributed by atoms with Gasteiger partial charge in [-0.05, 0) is 49.4 Å². The van der Waals surface area contributed by atoms with Crippen LogP contribution in [0.25, 0.3) is 0 Å². The molecule has 0 heterocycles. The fourth-order valence-electron chi connectivity index (χ4n) is 12.3. The normalized spacial score (nSPS) is 14.1. The number of phosphoric ester groups is 2. The number of rotatable bonds is 77. The second-order valence-corrected chi connectivity index (χ2v) is 33.6. The topological polar surface area (TPSA) is 237 Å². The molecular formula is C80H156O17P2. The third kappa shape index (κ3) is 74.1. The van der Waals surface area contributed by atoms with Crippen molar-refractivity contribution >= 4 is 39.5 Å². The van der Waals surface area contributed by atoms with Crippen molar-refractivity contribution in [3.05, 3.63) is 0 Å². The van der Waals surface area contributed by atoms with Crippen LogP contribution in [-0.2, 0) is 65.4 Å². The molecule has 0 aliphatic heterocycles. The van der Waals surface area contributed by atoms with E-state index in [1.54, 1.807) is 0 Å². The Morgan fingerprint density at radius 1 is 0.253 bits per heavy atom. The molecule has 0 aromatic rings. The Kier molecular flexibility index (Phi) is 67.8. The van der Waals surface area contributed by atoms with Crippen LogP contribution in [0.1, 0.15) is 409 Å². The molecule has 99 heavy (non-hydrogen) atoms. The van der Waals surface area contributed by atoms with Crippen LogP contribution in [0.15, 0.2) is 0 Å². The lowest BCUT2D eigenvalue weighted by Gasteiger charge is -2.21. The highest BCUT2D eigenvalue weighted by Gasteiger charge is 2.30. The van der Waals surface area contributed by atoms with E-state index in [0.29, 0.717) is 31.6 Å². The number of carbonyl (C=O) groups excluding carboxylic acids is 4. The molecule has 17 nitrogen and oxygen atoms in total. The summed E-state index contributed by atoms with van der Waals surface area (Å²) >= 11 is 0. The summed E-state index contributed by atoms with van der Waals surface area (Å²) in [6.45, 7) is 14.2. The summed E-state index contributed by atoms with van der Waals surface area (Å²) in [6.07, 6.45) is 55.6. The van der Waals surface area contributed by atoms with E-state index in [0.717, 1.165) is 114 Å². The van der Waals surface area contributed by atoms with Gasteiger partial charge in [-0.25, -0.2) is 9.13 Å². The van der Waals surface area contributed by atoms with Crippen molar-refractivity contribution in [1.29, 1.82) is 0 Å². The van der Waals surface area contributed by atoms with E-state index in [1.807, 2.05) is 0 Å². The number of phosphoric acid groups is 2. The maximum atomic E-state index is 13.1. The quantitative estimate of drug-likeness (QED) is 0.0222. The first-order valence-corrected chi connectivity index (χ1v) is 44.2. The van der Waals surface area contributed by atoms with Gasteiger partial charge in [-0.3, -0.25) is 37.3 Å². The Bertz CT molecular complexity index is 1940. The smallest absolute Gasteiger partial charge is 0.462 e. The number of aliphatic hydroxyl groups excluding tert-OH is 1. The van der Waals surface area contributed by atoms with Gasteiger partial charge in [0.05, 0.1) is 26.4 Å². The van der Waals surface area contributed by atoms with Crippen LogP contribution in [0, 0.1) is 23.7 Å². The lowest BCUT2D eigenvalue weighted by molar-refractivity contribution is -0.161. The van der Waals surface area contributed by atoms with Crippen molar-refractivity contribution in [2.45, 2.75) is 427 Å². The second kappa shape index (κ2) is 69.1. The van der Waals surface area contributed by atoms with Gasteiger partial charge in [0.15, 0.2) is 12.2 Å². The molecule has 0 aromatic carbocycles. The molecule has 5 atom stereocenters. The Morgan fingerprint density at radius 3 is 0.626 bits per heavy atom. The number of esters is 4. The van der Waals surface area contributed by atoms with Crippen LogP contribution >= 0.6 is 15.6 Å². The van der Waals surface area contributed by atoms with Crippen LogP contribution in [-0.4, -0.2) is 96.7 Å². The summed E-state index contributed by atoms with van der Waals surface area (Å²) in [4.78, 5) is 72.9. The number of carbonyl (C=O) groups is 4. The molecule has 0 saturated heterocycles. The minimum atomic E-state index is -4.96. The van der Waals surface area contributed by atoms with Gasteiger partial charge >= 0.3 is 39.5 Å². The van der Waals surface area contributed by atoms with E-state index in [1.165, 1.54) is 205 Å². The summed E-state index contributed by atoms with van der Waals surface area (Å²) in [5.74, 6) is 0.945. The van der Waals surface area contributed by atoms with Crippen LogP contribution < -0.4 is 0 Å². The third-order valence-electron chi connectivity index (χ3n) is 18.6. The summed E-state index contributed by atoms with van der Waals surface area (Å²) in [5.41, 5.74) is 0. The molecule has 0 aliphatic carbocycles. The van der Waals surface area contributed by atoms with E-state index in [4.69, 9.17) is 37.0 Å². The molecule has 0 spiro atoms. The molecule has 0 aliphatic rings. The number of ether oxygens (including phenoxy) is 4. The fraction of sp³-hybridized carbons (Fsp3) is 0.950. The van der Waals surface area contributed by atoms with Crippen molar-refractivity contribution in [3.8, 4) is 0 Å². The van der Waals surface area contributed by atoms with Crippen LogP contribution in [0.3, 0.4) is 0 Å². The summed E-state index contributed by atoms with van der Waals surface area (Å²) in [5, 5.41) is 10.6. The molecule has 0 radical (unpaired) electrons. The van der Waals surface area contributed by atoms with Gasteiger partial charge in [-0.15, -0.1) is 0 Å². The predicted molar refractivity (Wildman–Crippen MR) is 404 cm³/mol. The van der Waals surface area contributed by atoms with Gasteiger partial charge in [-0.1, -0.05) is 357 Å². The van der Waals surface area contributed by atoms with Gasteiger partial charge in [-0.2, -0.15) is 0 Å². The highest BCUT2D eigenvalue weighted by atomic mass is 31.2. The van der Waals surface area contributed by atoms with Gasteiger partial charge in [0, 0.05) is 25.7 Å². The van der Waals surface area contributed by atoms with Crippen molar-refractivity contribution in [1.82, 2.24) is 0 Å². The van der Waals surface area contributed by atoms with Crippen molar-refractivity contribution in [2.24, 2.45) is 23.7 Å². The van der Waals surface area contributed by atoms with Crippen LogP contribution in [0.5, 0.6) is 0 Å². The second-order valence-electron chi connectivity index (χ2n) is 30.7. The first-order chi connectivity index (χ1) is 47.6. The highest BCUT2D eigenvalue weighted by molar-refractivity contribution is 7.47. The van der Waals surface area contributed by atoms with Crippen LogP contribution in [0.2, 0.25) is 0 Å². The molecule has 3 unspecified atom stereocenters. The maximum Gasteiger partial charge on any atom is 0.472 e. The Balaban J connectivity index is 5.22. The average molecular weight is 1450 g/mol. The standard InChI is InChI=1S/C80H156O17P2/c1-70(2)56-48-40-32-25-19-15-13-11-9-10-12-14-16-22-29-37-46-54-62-79(84)96-75(66-90-77(82)60-52-44-36-28-23-17-20-26-33-41-49-57-71(3)4)68-94-98(86,87)92-64-74(81)65-93-99(88,89)95-69-76(67-91-78(83)61-53-45-39-31-35-43-51-59-73(7)8)97-80(85)63-55-47-38-30-24-18-21-27-34-42-50-58-72(5)6/h70-76,81H,9-69H2,1-8H3,(H,86,87)(H,88,89)/t74?,75-,76-/m1/s1. The van der Waals surface area contributed by atoms with Gasteiger partial charge in [0.25, 0.3) is 0 Å². The predicted octanol–water partition coefficient (Wildman–Crippen LogP) is 23.6. The molecule has 19 heteroatoms. The lowest BCUT2D eigenvalue weighted by Crippen LogP contribution is -2.30. The molecule has 0 bridgehead atoms. The number of hydrogen-bond donors (Lipinski definition) is 3. The fourth-order valence-corrected chi connectivity index (χ4v) is 13.8. The van der Waals surface area contributed by atoms with Gasteiger partial charge in [0.2, 0.25) is 0 Å². The van der Waals surface area contributed by atoms with Gasteiger partial charge in [0.1, 0.15) is 19.3 Å². The molecule has 588 valence electrons. The minimum Gasteiger partial charge on any atom is -0.462 e. The number of unbranched alkanes of at least 4 members (excludes halogenated alkanes) is 43. The first-order valence-electron chi connectivity index (χ1n) is 41.2. The maximum absolute atomic E-state index is 13.1. The lowest BCUT2D eigenvalue weighted by atomic mass is 10.0. The summed E-state index contributed by atoms with van der Waals surface area (Å²) < 4.78 is 68.7. The molecular weight excluding hydrogens is 1290 g/mol. The van der Waals surface area contributed by atoms with Crippen molar-refractivity contribution < 1.29 is 80.2 Å². The summed E-state index contributed by atoms with van der Waals surface area (Å²) in [6, 6.07) is 0. The molecule has 0 rings (SSSR count). The van der Waals surface area contributed by atoms with Crippen molar-refractivity contribution in [2.75, 3.05) is 39.6 Å². The number of hydrogen-bond acceptors (Lipinski definition) is 15. The van der Waals surface area contributed by atoms with E-state index in [9.17, 15) is 43.2 Å². The van der Waals surface area contributed by atoms with Gasteiger partial charge < -0.3 is 33.8 Å². The Labute approximate surface area is 607 Å². The zero-order chi connectivity index (χ0) is 73.1. The average Bonchev–Trinajstić information content (AvgIpc) is 1.10. The first kappa shape index (κ1) is 97.1. The molecule has 0 fully saturated rings.